The minimum Gasteiger partial charge on any atom is -0.343 e. The number of sulfone groups is 1. The number of likely N-dealkylation sites (tertiary alicyclic amines) is 2. The number of hydrogen-bond acceptors (Lipinski definition) is 8. The summed E-state index contributed by atoms with van der Waals surface area (Å²) < 4.78 is 26.5. The van der Waals surface area contributed by atoms with Gasteiger partial charge in [-0.2, -0.15) is 5.26 Å². The number of piperidine rings is 1. The summed E-state index contributed by atoms with van der Waals surface area (Å²) in [5, 5.41) is 12.2. The van der Waals surface area contributed by atoms with Crippen LogP contribution >= 0.6 is 11.6 Å². The molecule has 1 saturated carbocycles. The predicted octanol–water partition coefficient (Wildman–Crippen LogP) is 1.34. The van der Waals surface area contributed by atoms with Crippen LogP contribution in [0.4, 0.5) is 0 Å². The van der Waals surface area contributed by atoms with Crippen LogP contribution in [0, 0.1) is 11.3 Å². The van der Waals surface area contributed by atoms with Crippen molar-refractivity contribution in [2.75, 3.05) is 26.2 Å². The van der Waals surface area contributed by atoms with Crippen LogP contribution in [0.2, 0.25) is 5.02 Å². The molecule has 3 amide bonds. The molecule has 3 heterocycles. The lowest BCUT2D eigenvalue weighted by atomic mass is 9.92. The van der Waals surface area contributed by atoms with Crippen LogP contribution in [-0.4, -0.2) is 95.9 Å². The summed E-state index contributed by atoms with van der Waals surface area (Å²) in [5.41, 5.74) is -1.17. The molecular formula is C26H32ClN5O5S. The number of rotatable bonds is 6. The van der Waals surface area contributed by atoms with Crippen molar-refractivity contribution in [1.82, 2.24) is 20.0 Å². The van der Waals surface area contributed by atoms with Gasteiger partial charge in [0.05, 0.1) is 33.3 Å². The van der Waals surface area contributed by atoms with Gasteiger partial charge in [-0.15, -0.1) is 0 Å². The molecule has 1 N–H and O–H groups in total. The van der Waals surface area contributed by atoms with Gasteiger partial charge in [0.25, 0.3) is 0 Å². The fourth-order valence-corrected chi connectivity index (χ4v) is 8.13. The van der Waals surface area contributed by atoms with Crippen molar-refractivity contribution >= 4 is 39.2 Å². The monoisotopic (exact) mass is 561 g/mol. The van der Waals surface area contributed by atoms with Crippen molar-refractivity contribution in [2.45, 2.75) is 79.3 Å². The van der Waals surface area contributed by atoms with Crippen LogP contribution in [0.5, 0.6) is 0 Å². The van der Waals surface area contributed by atoms with Crippen molar-refractivity contribution in [1.29, 1.82) is 5.26 Å². The quantitative estimate of drug-likeness (QED) is 0.515. The highest BCUT2D eigenvalue weighted by atomic mass is 35.5. The third kappa shape index (κ3) is 4.72. The van der Waals surface area contributed by atoms with Crippen molar-refractivity contribution in [3.05, 3.63) is 29.3 Å². The van der Waals surface area contributed by atoms with E-state index >= 15 is 0 Å². The van der Waals surface area contributed by atoms with Gasteiger partial charge in [-0.3, -0.25) is 24.2 Å². The molecule has 204 valence electrons. The van der Waals surface area contributed by atoms with Gasteiger partial charge >= 0.3 is 0 Å². The number of benzene rings is 1. The number of imide groups is 1. The molecule has 3 aliphatic heterocycles. The molecule has 0 aromatic heterocycles. The molecule has 0 radical (unpaired) electrons. The van der Waals surface area contributed by atoms with Crippen LogP contribution in [0.3, 0.4) is 0 Å². The van der Waals surface area contributed by atoms with E-state index < -0.39 is 38.6 Å². The van der Waals surface area contributed by atoms with E-state index in [0.717, 1.165) is 24.3 Å². The second-order valence-corrected chi connectivity index (χ2v) is 13.3. The molecule has 0 spiro atoms. The molecule has 12 heteroatoms. The highest BCUT2D eigenvalue weighted by Gasteiger charge is 2.58. The second kappa shape index (κ2) is 10.2. The maximum Gasteiger partial charge on any atom is 0.247 e. The van der Waals surface area contributed by atoms with E-state index in [1.54, 1.807) is 24.0 Å². The standard InChI is InChI=1S/C26H32ClN5O5S/c1-17(33)30-11-6-18(7-12-30)31-13-8-22(31)25(35)32(26(16-28)9-10-26)24(34)21-14-19(15-29-21)38(36,37)23-5-3-2-4-20(23)27/h2-5,18-19,21-22,29H,6-15H2,1H3/t19-,21+,22?/m1/s1. The Hall–Kier alpha value is -2.52. The zero-order chi connectivity index (χ0) is 27.2. The van der Waals surface area contributed by atoms with E-state index in [1.807, 2.05) is 0 Å². The Morgan fingerprint density at radius 2 is 1.79 bits per heavy atom. The highest BCUT2D eigenvalue weighted by Crippen LogP contribution is 2.44. The summed E-state index contributed by atoms with van der Waals surface area (Å²) in [5.74, 6) is -0.877. The lowest BCUT2D eigenvalue weighted by Crippen LogP contribution is -2.65. The molecule has 38 heavy (non-hydrogen) atoms. The van der Waals surface area contributed by atoms with Gasteiger partial charge in [0.15, 0.2) is 9.84 Å². The molecular weight excluding hydrogens is 530 g/mol. The maximum atomic E-state index is 13.8. The van der Waals surface area contributed by atoms with Gasteiger partial charge in [0.2, 0.25) is 17.7 Å². The van der Waals surface area contributed by atoms with E-state index in [0.29, 0.717) is 32.4 Å². The topological polar surface area (TPSA) is 131 Å². The van der Waals surface area contributed by atoms with Crippen LogP contribution in [-0.2, 0) is 24.2 Å². The largest absolute Gasteiger partial charge is 0.343 e. The average Bonchev–Trinajstić information content (AvgIpc) is 3.47. The summed E-state index contributed by atoms with van der Waals surface area (Å²) in [6.45, 7) is 3.60. The van der Waals surface area contributed by atoms with Crippen LogP contribution in [0.25, 0.3) is 0 Å². The minimum absolute atomic E-state index is 0.00440. The van der Waals surface area contributed by atoms with Crippen molar-refractivity contribution < 1.29 is 22.8 Å². The number of amides is 3. The van der Waals surface area contributed by atoms with E-state index in [1.165, 1.54) is 12.1 Å². The predicted molar refractivity (Wildman–Crippen MR) is 139 cm³/mol. The van der Waals surface area contributed by atoms with E-state index in [2.05, 4.69) is 16.3 Å². The lowest BCUT2D eigenvalue weighted by Gasteiger charge is -2.49. The van der Waals surface area contributed by atoms with Crippen LogP contribution in [0.1, 0.15) is 45.4 Å². The molecule has 4 fully saturated rings. The third-order valence-corrected chi connectivity index (χ3v) is 11.1. The van der Waals surface area contributed by atoms with E-state index in [4.69, 9.17) is 11.6 Å². The highest BCUT2D eigenvalue weighted by molar-refractivity contribution is 7.92. The van der Waals surface area contributed by atoms with Gasteiger partial charge in [-0.1, -0.05) is 23.7 Å². The Morgan fingerprint density at radius 1 is 1.11 bits per heavy atom. The van der Waals surface area contributed by atoms with Crippen molar-refractivity contribution in [3.8, 4) is 6.07 Å². The molecule has 0 bridgehead atoms. The van der Waals surface area contributed by atoms with Crippen LogP contribution < -0.4 is 5.32 Å². The maximum absolute atomic E-state index is 13.8. The Bertz CT molecular complexity index is 1280. The molecule has 1 aromatic rings. The average molecular weight is 562 g/mol. The number of nitriles is 1. The normalized spacial score (nSPS) is 27.3. The first-order chi connectivity index (χ1) is 18.1. The molecule has 5 rings (SSSR count). The fraction of sp³-hybridized carbons (Fsp3) is 0.615. The molecule has 1 aromatic carbocycles. The smallest absolute Gasteiger partial charge is 0.247 e. The summed E-state index contributed by atoms with van der Waals surface area (Å²) in [4.78, 5) is 44.3. The number of nitrogens with one attached hydrogen (secondary N) is 1. The summed E-state index contributed by atoms with van der Waals surface area (Å²) in [7, 11) is -3.80. The molecule has 3 saturated heterocycles. The van der Waals surface area contributed by atoms with Gasteiger partial charge in [-0.05, 0) is 50.7 Å². The van der Waals surface area contributed by atoms with Crippen molar-refractivity contribution in [3.63, 3.8) is 0 Å². The SMILES string of the molecule is CC(=O)N1CCC(N2CCC2C(=O)N(C(=O)[C@@H]2C[C@@H](S(=O)(=O)c3ccccc3Cl)CN2)C2(C#N)CC2)CC1. The second-order valence-electron chi connectivity index (χ2n) is 10.7. The molecule has 1 unspecified atom stereocenters. The van der Waals surface area contributed by atoms with Crippen molar-refractivity contribution in [2.24, 2.45) is 0 Å². The fourth-order valence-electron chi connectivity index (χ4n) is 5.94. The van der Waals surface area contributed by atoms with Gasteiger partial charge in [0, 0.05) is 39.1 Å². The summed E-state index contributed by atoms with van der Waals surface area (Å²) in [6, 6.07) is 7.15. The Kier molecular flexibility index (Phi) is 7.28. The van der Waals surface area contributed by atoms with E-state index in [9.17, 15) is 28.1 Å². The van der Waals surface area contributed by atoms with Gasteiger partial charge < -0.3 is 10.2 Å². The first-order valence-electron chi connectivity index (χ1n) is 13.1. The number of hydrogen-bond donors (Lipinski definition) is 1. The van der Waals surface area contributed by atoms with Gasteiger partial charge in [0.1, 0.15) is 5.54 Å². The number of carbonyl (C=O) groups excluding carboxylic acids is 3. The Morgan fingerprint density at radius 3 is 2.34 bits per heavy atom. The zero-order valence-corrected chi connectivity index (χ0v) is 22.9. The zero-order valence-electron chi connectivity index (χ0n) is 21.3. The summed E-state index contributed by atoms with van der Waals surface area (Å²) in [6.07, 6.45) is 2.94. The molecule has 10 nitrogen and oxygen atoms in total. The number of carbonyl (C=O) groups is 3. The Labute approximate surface area is 227 Å². The minimum atomic E-state index is -3.80. The lowest BCUT2D eigenvalue weighted by molar-refractivity contribution is -0.157. The molecule has 3 atom stereocenters. The number of nitrogens with zero attached hydrogens (tertiary/aromatic N) is 4. The third-order valence-electron chi connectivity index (χ3n) is 8.50. The number of halogens is 1. The first kappa shape index (κ1) is 27.1. The van der Waals surface area contributed by atoms with E-state index in [-0.39, 0.29) is 40.7 Å². The Balaban J connectivity index is 1.31. The first-order valence-corrected chi connectivity index (χ1v) is 15.0. The summed E-state index contributed by atoms with van der Waals surface area (Å²) >= 11 is 6.14. The van der Waals surface area contributed by atoms with Gasteiger partial charge in [-0.25, -0.2) is 8.42 Å². The molecule has 4 aliphatic rings. The molecule has 1 aliphatic carbocycles. The van der Waals surface area contributed by atoms with Crippen LogP contribution in [0.15, 0.2) is 29.2 Å².